The summed E-state index contributed by atoms with van der Waals surface area (Å²) in [6.45, 7) is 0.923. The number of carbonyl (C=O) groups excluding carboxylic acids is 1. The van der Waals surface area contributed by atoms with Gasteiger partial charge in [0.15, 0.2) is 15.6 Å². The Kier molecular flexibility index (Phi) is 8.56. The van der Waals surface area contributed by atoms with E-state index in [9.17, 15) is 30.8 Å². The monoisotopic (exact) mass is 655 g/mol. The summed E-state index contributed by atoms with van der Waals surface area (Å²) in [5, 5.41) is 2.72. The molecule has 0 fully saturated rings. The van der Waals surface area contributed by atoms with Gasteiger partial charge in [0.25, 0.3) is 0 Å². The molecule has 0 radical (unpaired) electrons. The van der Waals surface area contributed by atoms with Gasteiger partial charge in [-0.25, -0.2) is 12.8 Å². The number of sulfone groups is 1. The number of anilines is 1. The Labute approximate surface area is 223 Å². The average Bonchev–Trinajstić information content (AvgIpc) is 2.74. The maximum atomic E-state index is 14.0. The number of nitrogens with one attached hydrogen (secondary N) is 1. The molecule has 0 aromatic heterocycles. The largest absolute Gasteiger partial charge is 0.455 e. The van der Waals surface area contributed by atoms with Gasteiger partial charge in [-0.15, -0.1) is 0 Å². The molecule has 192 valence electrons. The van der Waals surface area contributed by atoms with E-state index in [2.05, 4.69) is 5.32 Å². The van der Waals surface area contributed by atoms with Gasteiger partial charge in [0.05, 0.1) is 25.8 Å². The molecular weight excluding hydrogens is 637 g/mol. The van der Waals surface area contributed by atoms with Crippen molar-refractivity contribution in [1.29, 1.82) is 0 Å². The smallest absolute Gasteiger partial charge is 0.395 e. The molecule has 0 bridgehead atoms. The first-order valence-electron chi connectivity index (χ1n) is 10.3. The van der Waals surface area contributed by atoms with Gasteiger partial charge < -0.3 is 10.1 Å². The molecule has 1 N–H and O–H groups in total. The van der Waals surface area contributed by atoms with Crippen LogP contribution in [-0.2, 0) is 21.1 Å². The lowest BCUT2D eigenvalue weighted by Crippen LogP contribution is -2.17. The number of alkyl halides is 3. The van der Waals surface area contributed by atoms with Gasteiger partial charge in [0.2, 0.25) is 5.91 Å². The lowest BCUT2D eigenvalue weighted by atomic mass is 10.0. The molecule has 0 saturated heterocycles. The van der Waals surface area contributed by atoms with Crippen molar-refractivity contribution in [3.8, 4) is 11.5 Å². The molecule has 0 heterocycles. The molecule has 36 heavy (non-hydrogen) atoms. The Balaban J connectivity index is 1.75. The first kappa shape index (κ1) is 28.2. The molecule has 1 amide bonds. The van der Waals surface area contributed by atoms with Crippen molar-refractivity contribution >= 4 is 55.6 Å². The normalized spacial score (nSPS) is 12.8. The Hall–Kier alpha value is -2.38. The Morgan fingerprint density at radius 2 is 1.75 bits per heavy atom. The molecule has 3 rings (SSSR count). The van der Waals surface area contributed by atoms with Crippen molar-refractivity contribution < 1.29 is 35.5 Å². The quantitative estimate of drug-likeness (QED) is 0.217. The Morgan fingerprint density at radius 3 is 2.31 bits per heavy atom. The van der Waals surface area contributed by atoms with Crippen molar-refractivity contribution in [2.24, 2.45) is 0 Å². The van der Waals surface area contributed by atoms with Gasteiger partial charge in [-0.2, -0.15) is 13.2 Å². The number of benzene rings is 3. The van der Waals surface area contributed by atoms with E-state index in [4.69, 9.17) is 16.3 Å². The van der Waals surface area contributed by atoms with Crippen molar-refractivity contribution in [2.45, 2.75) is 30.3 Å². The van der Waals surface area contributed by atoms with Crippen LogP contribution in [-0.4, -0.2) is 26.8 Å². The zero-order chi connectivity index (χ0) is 26.8. The topological polar surface area (TPSA) is 72.5 Å². The first-order valence-corrected chi connectivity index (χ1v) is 13.6. The second-order valence-electron chi connectivity index (χ2n) is 8.00. The van der Waals surface area contributed by atoms with Gasteiger partial charge in [0.1, 0.15) is 11.6 Å². The number of amides is 1. The third-order valence-corrected chi connectivity index (χ3v) is 7.31. The van der Waals surface area contributed by atoms with Gasteiger partial charge in [-0.05, 0) is 77.0 Å². The van der Waals surface area contributed by atoms with Crippen LogP contribution in [0, 0.1) is 9.39 Å². The predicted octanol–water partition coefficient (Wildman–Crippen LogP) is 7.13. The Morgan fingerprint density at radius 1 is 1.11 bits per heavy atom. The lowest BCUT2D eigenvalue weighted by molar-refractivity contribution is -0.146. The molecule has 0 aliphatic carbocycles. The summed E-state index contributed by atoms with van der Waals surface area (Å²) < 4.78 is 82.3. The molecule has 5 nitrogen and oxygen atoms in total. The summed E-state index contributed by atoms with van der Waals surface area (Å²) in [5.74, 6) is -3.25. The second-order valence-corrected chi connectivity index (χ2v) is 11.6. The van der Waals surface area contributed by atoms with Gasteiger partial charge >= 0.3 is 6.18 Å². The first-order chi connectivity index (χ1) is 16.6. The van der Waals surface area contributed by atoms with Crippen molar-refractivity contribution in [1.82, 2.24) is 0 Å². The van der Waals surface area contributed by atoms with Gasteiger partial charge in [-0.1, -0.05) is 23.7 Å². The van der Waals surface area contributed by atoms with Crippen molar-refractivity contribution in [3.63, 3.8) is 0 Å². The van der Waals surface area contributed by atoms with E-state index in [1.54, 1.807) is 0 Å². The molecular formula is C24H19ClF4INO4S. The Bertz CT molecular complexity index is 1370. The zero-order valence-corrected chi connectivity index (χ0v) is 22.5. The van der Waals surface area contributed by atoms with Crippen LogP contribution in [0.15, 0.2) is 59.5 Å². The molecule has 0 aliphatic rings. The van der Waals surface area contributed by atoms with Gasteiger partial charge in [0, 0.05) is 18.0 Å². The van der Waals surface area contributed by atoms with E-state index < -0.39 is 33.7 Å². The fourth-order valence-corrected chi connectivity index (χ4v) is 4.96. The summed E-state index contributed by atoms with van der Waals surface area (Å²) in [6, 6.07) is 11.7. The molecule has 0 spiro atoms. The predicted molar refractivity (Wildman–Crippen MR) is 137 cm³/mol. The summed E-state index contributed by atoms with van der Waals surface area (Å²) in [6.07, 6.45) is -3.49. The van der Waals surface area contributed by atoms with Crippen LogP contribution in [0.2, 0.25) is 5.02 Å². The standard InChI is InChI=1S/C24H19ClF4INO4S/c1-13(24(27,28)29)15-8-16(26)10-18(9-15)35-23-20(25)11-17(12-21(23)30)31-22(32)7-14-3-5-19(6-4-14)36(2,33)34/h3-6,8-13H,7H2,1-2H3,(H,31,32). The number of hydrogen-bond donors (Lipinski definition) is 1. The highest BCUT2D eigenvalue weighted by Gasteiger charge is 2.37. The molecule has 0 saturated carbocycles. The second kappa shape index (κ2) is 10.9. The minimum absolute atomic E-state index is 0.0278. The summed E-state index contributed by atoms with van der Waals surface area (Å²) in [4.78, 5) is 12.6. The van der Waals surface area contributed by atoms with E-state index in [1.165, 1.54) is 36.4 Å². The minimum atomic E-state index is -4.55. The molecule has 12 heteroatoms. The highest BCUT2D eigenvalue weighted by molar-refractivity contribution is 14.1. The van der Waals surface area contributed by atoms with Crippen LogP contribution in [0.25, 0.3) is 0 Å². The molecule has 1 atom stereocenters. The van der Waals surface area contributed by atoms with Crippen molar-refractivity contribution in [3.05, 3.63) is 80.1 Å². The highest BCUT2D eigenvalue weighted by Crippen LogP contribution is 2.40. The van der Waals surface area contributed by atoms with Crippen LogP contribution in [0.1, 0.15) is 24.0 Å². The maximum Gasteiger partial charge on any atom is 0.395 e. The van der Waals surface area contributed by atoms with Crippen LogP contribution in [0.4, 0.5) is 23.2 Å². The minimum Gasteiger partial charge on any atom is -0.455 e. The van der Waals surface area contributed by atoms with Crippen LogP contribution >= 0.6 is 34.2 Å². The summed E-state index contributed by atoms with van der Waals surface area (Å²) in [5.41, 5.74) is 0.632. The van der Waals surface area contributed by atoms with Crippen LogP contribution in [0.3, 0.4) is 0 Å². The third kappa shape index (κ3) is 7.32. The fourth-order valence-electron chi connectivity index (χ4n) is 3.17. The zero-order valence-electron chi connectivity index (χ0n) is 18.8. The van der Waals surface area contributed by atoms with Gasteiger partial charge in [-0.3, -0.25) is 4.79 Å². The van der Waals surface area contributed by atoms with Crippen molar-refractivity contribution in [2.75, 3.05) is 11.6 Å². The molecule has 0 aliphatic heterocycles. The van der Waals surface area contributed by atoms with E-state index >= 15 is 0 Å². The number of hydrogen-bond acceptors (Lipinski definition) is 4. The number of rotatable bonds is 7. The number of carbonyl (C=O) groups is 1. The average molecular weight is 656 g/mol. The van der Waals surface area contributed by atoms with Crippen LogP contribution in [0.5, 0.6) is 11.5 Å². The molecule has 3 aromatic rings. The van der Waals surface area contributed by atoms with E-state index in [0.717, 1.165) is 31.4 Å². The van der Waals surface area contributed by atoms with E-state index in [1.807, 2.05) is 22.6 Å². The number of halogens is 6. The lowest BCUT2D eigenvalue weighted by Gasteiger charge is -2.18. The van der Waals surface area contributed by atoms with E-state index in [-0.39, 0.29) is 33.4 Å². The molecule has 1 unspecified atom stereocenters. The SMILES string of the molecule is CC(c1cc(F)cc(Oc2c(Cl)cc(NC(=O)Cc3ccc(S(C)(=O)=O)cc3)cc2I)c1)C(F)(F)F. The molecule has 3 aromatic carbocycles. The van der Waals surface area contributed by atoms with Crippen LogP contribution < -0.4 is 10.1 Å². The van der Waals surface area contributed by atoms with E-state index in [0.29, 0.717) is 14.8 Å². The highest BCUT2D eigenvalue weighted by atomic mass is 127. The summed E-state index contributed by atoms with van der Waals surface area (Å²) >= 11 is 8.16. The number of ether oxygens (including phenoxy) is 1. The fraction of sp³-hybridized carbons (Fsp3) is 0.208. The third-order valence-electron chi connectivity index (χ3n) is 5.10. The summed E-state index contributed by atoms with van der Waals surface area (Å²) in [7, 11) is -3.35. The maximum absolute atomic E-state index is 14.0.